The van der Waals surface area contributed by atoms with Crippen molar-refractivity contribution in [2.75, 3.05) is 13.2 Å². The zero-order valence-electron chi connectivity index (χ0n) is 7.44. The lowest BCUT2D eigenvalue weighted by Crippen LogP contribution is -2.51. The fraction of sp³-hybridized carbons (Fsp3) is 0.857. The van der Waals surface area contributed by atoms with Gasteiger partial charge in [0.05, 0.1) is 6.67 Å². The zero-order chi connectivity index (χ0) is 11.4. The van der Waals surface area contributed by atoms with Crippen LogP contribution in [0.15, 0.2) is 0 Å². The fourth-order valence-corrected chi connectivity index (χ4v) is 0.708. The van der Waals surface area contributed by atoms with Gasteiger partial charge in [0.1, 0.15) is 0 Å². The molecule has 2 N–H and O–H groups in total. The molecule has 3 nitrogen and oxygen atoms in total. The molecule has 1 aliphatic rings. The van der Waals surface area contributed by atoms with Crippen LogP contribution < -0.4 is 5.32 Å². The van der Waals surface area contributed by atoms with Crippen molar-refractivity contribution in [3.8, 4) is 0 Å². The molecule has 0 aliphatic carbocycles. The highest BCUT2D eigenvalue weighted by Crippen LogP contribution is 2.13. The molecule has 0 amide bonds. The minimum absolute atomic E-state index is 0.159. The molecular formula is C7H11F4NO2. The van der Waals surface area contributed by atoms with Crippen LogP contribution in [-0.2, 0) is 4.79 Å². The van der Waals surface area contributed by atoms with Gasteiger partial charge in [-0.05, 0) is 6.92 Å². The van der Waals surface area contributed by atoms with Gasteiger partial charge in [0.15, 0.2) is 0 Å². The van der Waals surface area contributed by atoms with Gasteiger partial charge in [0.25, 0.3) is 0 Å². The molecule has 14 heavy (non-hydrogen) atoms. The molecule has 0 bridgehead atoms. The first-order chi connectivity index (χ1) is 6.29. The molecule has 7 heteroatoms. The Labute approximate surface area is 78.1 Å². The number of aliphatic carboxylic acids is 1. The third-order valence-electron chi connectivity index (χ3n) is 1.85. The highest BCUT2D eigenvalue weighted by atomic mass is 19.4. The van der Waals surface area contributed by atoms with E-state index in [9.17, 15) is 17.6 Å². The number of carboxylic acid groups (broad SMARTS) is 1. The quantitative estimate of drug-likeness (QED) is 0.649. The molecule has 1 heterocycles. The summed E-state index contributed by atoms with van der Waals surface area (Å²) < 4.78 is 43.4. The van der Waals surface area contributed by atoms with Crippen LogP contribution in [0.5, 0.6) is 0 Å². The maximum atomic E-state index is 11.6. The van der Waals surface area contributed by atoms with Crippen molar-refractivity contribution in [1.29, 1.82) is 0 Å². The maximum absolute atomic E-state index is 11.6. The summed E-state index contributed by atoms with van der Waals surface area (Å²) in [6, 6.07) is 0.421. The summed E-state index contributed by atoms with van der Waals surface area (Å²) >= 11 is 0. The van der Waals surface area contributed by atoms with Crippen molar-refractivity contribution in [2.24, 2.45) is 5.92 Å². The first kappa shape index (κ1) is 13.2. The standard InChI is InChI=1S/C5H10FN.C2HF3O2/c1-4-5(2-6)3-7-4;3-2(4,5)1(6)7/h4-5,7H,2-3H2,1H3;(H,6,7). The number of carbonyl (C=O) groups is 1. The van der Waals surface area contributed by atoms with Crippen LogP contribution in [0.3, 0.4) is 0 Å². The molecule has 2 unspecified atom stereocenters. The first-order valence-corrected chi connectivity index (χ1v) is 3.88. The summed E-state index contributed by atoms with van der Waals surface area (Å²) in [6.45, 7) is 2.72. The third-order valence-corrected chi connectivity index (χ3v) is 1.85. The number of nitrogens with one attached hydrogen (secondary N) is 1. The van der Waals surface area contributed by atoms with Crippen LogP contribution in [-0.4, -0.2) is 36.5 Å². The average molecular weight is 217 g/mol. The van der Waals surface area contributed by atoms with E-state index in [0.29, 0.717) is 12.0 Å². The Bertz CT molecular complexity index is 193. The number of alkyl halides is 4. The van der Waals surface area contributed by atoms with Gasteiger partial charge in [-0.1, -0.05) is 0 Å². The van der Waals surface area contributed by atoms with E-state index in [1.807, 2.05) is 6.92 Å². The molecule has 1 rings (SSSR count). The highest BCUT2D eigenvalue weighted by Gasteiger charge is 2.38. The molecule has 0 aromatic heterocycles. The van der Waals surface area contributed by atoms with E-state index in [-0.39, 0.29) is 6.67 Å². The number of carboxylic acids is 1. The van der Waals surface area contributed by atoms with Gasteiger partial charge < -0.3 is 10.4 Å². The smallest absolute Gasteiger partial charge is 0.475 e. The van der Waals surface area contributed by atoms with Crippen LogP contribution in [0.4, 0.5) is 17.6 Å². The van der Waals surface area contributed by atoms with Crippen LogP contribution >= 0.6 is 0 Å². The van der Waals surface area contributed by atoms with Gasteiger partial charge in [-0.25, -0.2) is 4.79 Å². The maximum Gasteiger partial charge on any atom is 0.490 e. The number of halogens is 4. The molecule has 2 atom stereocenters. The Morgan fingerprint density at radius 3 is 2.00 bits per heavy atom. The predicted octanol–water partition coefficient (Wildman–Crippen LogP) is 1.20. The van der Waals surface area contributed by atoms with E-state index in [2.05, 4.69) is 5.32 Å². The van der Waals surface area contributed by atoms with Crippen molar-refractivity contribution in [2.45, 2.75) is 19.1 Å². The normalized spacial score (nSPS) is 25.8. The first-order valence-electron chi connectivity index (χ1n) is 3.88. The lowest BCUT2D eigenvalue weighted by molar-refractivity contribution is -0.192. The molecule has 0 aromatic rings. The molecule has 0 saturated carbocycles. The van der Waals surface area contributed by atoms with Gasteiger partial charge in [0, 0.05) is 18.5 Å². The van der Waals surface area contributed by atoms with Gasteiger partial charge in [-0.3, -0.25) is 4.39 Å². The molecule has 0 aromatic carbocycles. The molecule has 1 fully saturated rings. The number of hydrogen-bond acceptors (Lipinski definition) is 2. The van der Waals surface area contributed by atoms with Crippen molar-refractivity contribution in [1.82, 2.24) is 5.32 Å². The molecule has 84 valence electrons. The summed E-state index contributed by atoms with van der Waals surface area (Å²) in [5, 5.41) is 10.2. The van der Waals surface area contributed by atoms with Gasteiger partial charge in [-0.15, -0.1) is 0 Å². The Hall–Kier alpha value is -0.850. The van der Waals surface area contributed by atoms with Gasteiger partial charge in [0.2, 0.25) is 0 Å². The second-order valence-electron chi connectivity index (χ2n) is 2.91. The van der Waals surface area contributed by atoms with Crippen molar-refractivity contribution < 1.29 is 27.5 Å². The second kappa shape index (κ2) is 5.14. The number of hydrogen-bond donors (Lipinski definition) is 2. The zero-order valence-corrected chi connectivity index (χ0v) is 7.44. The van der Waals surface area contributed by atoms with Crippen LogP contribution in [0, 0.1) is 5.92 Å². The molecular weight excluding hydrogens is 206 g/mol. The minimum Gasteiger partial charge on any atom is -0.475 e. The van der Waals surface area contributed by atoms with Crippen molar-refractivity contribution in [3.05, 3.63) is 0 Å². The largest absolute Gasteiger partial charge is 0.490 e. The van der Waals surface area contributed by atoms with E-state index in [1.165, 1.54) is 0 Å². The Morgan fingerprint density at radius 2 is 2.00 bits per heavy atom. The fourth-order valence-electron chi connectivity index (χ4n) is 0.708. The lowest BCUT2D eigenvalue weighted by Gasteiger charge is -2.32. The Morgan fingerprint density at radius 1 is 1.57 bits per heavy atom. The predicted molar refractivity (Wildman–Crippen MR) is 40.6 cm³/mol. The van der Waals surface area contributed by atoms with E-state index < -0.39 is 12.1 Å². The van der Waals surface area contributed by atoms with Crippen LogP contribution in [0.1, 0.15) is 6.92 Å². The number of rotatable bonds is 1. The highest BCUT2D eigenvalue weighted by molar-refractivity contribution is 5.73. The van der Waals surface area contributed by atoms with Crippen LogP contribution in [0.25, 0.3) is 0 Å². The molecule has 0 spiro atoms. The summed E-state index contributed by atoms with van der Waals surface area (Å²) in [5.41, 5.74) is 0. The van der Waals surface area contributed by atoms with Crippen molar-refractivity contribution in [3.63, 3.8) is 0 Å². The topological polar surface area (TPSA) is 49.3 Å². The van der Waals surface area contributed by atoms with E-state index in [4.69, 9.17) is 9.90 Å². The Kier molecular flexibility index (Phi) is 4.82. The van der Waals surface area contributed by atoms with Gasteiger partial charge >= 0.3 is 12.1 Å². The monoisotopic (exact) mass is 217 g/mol. The second-order valence-corrected chi connectivity index (χ2v) is 2.91. The average Bonchev–Trinajstić information content (AvgIpc) is 2.02. The Balaban J connectivity index is 0.000000241. The third kappa shape index (κ3) is 4.40. The molecule has 0 radical (unpaired) electrons. The summed E-state index contributed by atoms with van der Waals surface area (Å²) in [5.74, 6) is -2.45. The van der Waals surface area contributed by atoms with E-state index in [1.54, 1.807) is 0 Å². The van der Waals surface area contributed by atoms with Crippen LogP contribution in [0.2, 0.25) is 0 Å². The SMILES string of the molecule is CC1NCC1CF.O=C(O)C(F)(F)F. The minimum atomic E-state index is -5.08. The van der Waals surface area contributed by atoms with E-state index in [0.717, 1.165) is 6.54 Å². The van der Waals surface area contributed by atoms with Gasteiger partial charge in [-0.2, -0.15) is 13.2 Å². The van der Waals surface area contributed by atoms with Crippen molar-refractivity contribution >= 4 is 5.97 Å². The summed E-state index contributed by atoms with van der Waals surface area (Å²) in [6.07, 6.45) is -5.08. The lowest BCUT2D eigenvalue weighted by atomic mass is 9.95. The summed E-state index contributed by atoms with van der Waals surface area (Å²) in [7, 11) is 0. The molecule has 1 aliphatic heterocycles. The van der Waals surface area contributed by atoms with E-state index >= 15 is 0 Å². The molecule has 1 saturated heterocycles. The summed E-state index contributed by atoms with van der Waals surface area (Å²) in [4.78, 5) is 8.90.